The van der Waals surface area contributed by atoms with Crippen molar-refractivity contribution in [3.8, 4) is 0 Å². The monoisotopic (exact) mass is 319 g/mol. The van der Waals surface area contributed by atoms with Crippen LogP contribution in [-0.4, -0.2) is 13.1 Å². The van der Waals surface area contributed by atoms with Gasteiger partial charge < -0.3 is 5.32 Å². The van der Waals surface area contributed by atoms with Gasteiger partial charge in [-0.2, -0.15) is 0 Å². The van der Waals surface area contributed by atoms with Gasteiger partial charge in [-0.3, -0.25) is 0 Å². The van der Waals surface area contributed by atoms with Gasteiger partial charge >= 0.3 is 0 Å². The van der Waals surface area contributed by atoms with Crippen LogP contribution in [0.15, 0.2) is 0 Å². The predicted octanol–water partition coefficient (Wildman–Crippen LogP) is 8.09. The maximum absolute atomic E-state index is 3.25. The molecule has 0 aliphatic heterocycles. The standard InChI is InChI=1S/C9H20.C6H15N.3C2H6/c1-4-7-8-9(5-2)6-3;1-3-5-6-7-4-2;3*1-2/h9H,4-8H2,1-3H3;7H,3-6H2,1-2H3;3*1-2H3. The third-order valence-electron chi connectivity index (χ3n) is 3.08. The molecule has 0 fully saturated rings. The van der Waals surface area contributed by atoms with Crippen LogP contribution in [0.4, 0.5) is 0 Å². The molecular weight excluding hydrogens is 266 g/mol. The summed E-state index contributed by atoms with van der Waals surface area (Å²) >= 11 is 0. The number of unbranched alkanes of at least 4 members (excludes halogenated alkanes) is 2. The Kier molecular flexibility index (Phi) is 75.8. The molecule has 0 saturated carbocycles. The highest BCUT2D eigenvalue weighted by Crippen LogP contribution is 2.15. The van der Waals surface area contributed by atoms with Gasteiger partial charge in [-0.1, -0.05) is 115 Å². The quantitative estimate of drug-likeness (QED) is 0.423. The largest absolute Gasteiger partial charge is 0.317 e. The van der Waals surface area contributed by atoms with Crippen LogP contribution in [0, 0.1) is 5.92 Å². The van der Waals surface area contributed by atoms with E-state index in [1.807, 2.05) is 41.5 Å². The van der Waals surface area contributed by atoms with E-state index in [0.717, 1.165) is 12.5 Å². The van der Waals surface area contributed by atoms with Crippen LogP contribution in [0.2, 0.25) is 0 Å². The van der Waals surface area contributed by atoms with Crippen molar-refractivity contribution in [2.45, 2.75) is 121 Å². The van der Waals surface area contributed by atoms with E-state index in [4.69, 9.17) is 0 Å². The van der Waals surface area contributed by atoms with Gasteiger partial charge in [0.15, 0.2) is 0 Å². The summed E-state index contributed by atoms with van der Waals surface area (Å²) in [5, 5.41) is 3.25. The second-order valence-electron chi connectivity index (χ2n) is 4.53. The molecule has 0 unspecified atom stereocenters. The predicted molar refractivity (Wildman–Crippen MR) is 111 cm³/mol. The summed E-state index contributed by atoms with van der Waals surface area (Å²) in [6.45, 7) is 25.5. The van der Waals surface area contributed by atoms with Gasteiger partial charge in [0.05, 0.1) is 0 Å². The molecule has 1 nitrogen and oxygen atoms in total. The zero-order chi connectivity index (χ0) is 18.6. The van der Waals surface area contributed by atoms with Crippen molar-refractivity contribution in [1.82, 2.24) is 5.32 Å². The van der Waals surface area contributed by atoms with Gasteiger partial charge in [0.25, 0.3) is 0 Å². The molecule has 0 saturated heterocycles. The van der Waals surface area contributed by atoms with Crippen molar-refractivity contribution in [1.29, 1.82) is 0 Å². The molecule has 0 spiro atoms. The molecule has 0 radical (unpaired) electrons. The van der Waals surface area contributed by atoms with Crippen molar-refractivity contribution in [2.75, 3.05) is 13.1 Å². The lowest BCUT2D eigenvalue weighted by atomic mass is 9.97. The van der Waals surface area contributed by atoms with Crippen LogP contribution >= 0.6 is 0 Å². The molecule has 0 atom stereocenters. The SMILES string of the molecule is CC.CC.CC.CCCCC(CC)CC.CCCCNCC. The highest BCUT2D eigenvalue weighted by atomic mass is 14.8. The molecular formula is C21H53N. The van der Waals surface area contributed by atoms with Crippen molar-refractivity contribution in [3.05, 3.63) is 0 Å². The van der Waals surface area contributed by atoms with Gasteiger partial charge in [0, 0.05) is 0 Å². The third-order valence-corrected chi connectivity index (χ3v) is 3.08. The summed E-state index contributed by atoms with van der Waals surface area (Å²) < 4.78 is 0. The Labute approximate surface area is 146 Å². The molecule has 0 aromatic rings. The highest BCUT2D eigenvalue weighted by molar-refractivity contribution is 4.53. The molecule has 1 N–H and O–H groups in total. The van der Waals surface area contributed by atoms with Crippen LogP contribution in [0.5, 0.6) is 0 Å². The topological polar surface area (TPSA) is 12.0 Å². The maximum atomic E-state index is 3.25. The fourth-order valence-electron chi connectivity index (χ4n) is 1.67. The number of hydrogen-bond donors (Lipinski definition) is 1. The lowest BCUT2D eigenvalue weighted by molar-refractivity contribution is 0.438. The van der Waals surface area contributed by atoms with Crippen LogP contribution in [0.25, 0.3) is 0 Å². The Morgan fingerprint density at radius 3 is 1.32 bits per heavy atom. The minimum absolute atomic E-state index is 1.00. The van der Waals surface area contributed by atoms with E-state index in [2.05, 4.69) is 39.9 Å². The third kappa shape index (κ3) is 50.2. The second kappa shape index (κ2) is 49.7. The van der Waals surface area contributed by atoms with Crippen molar-refractivity contribution in [3.63, 3.8) is 0 Å². The first-order valence-electron chi connectivity index (χ1n) is 10.5. The Morgan fingerprint density at radius 1 is 0.636 bits per heavy atom. The first kappa shape index (κ1) is 33.5. The van der Waals surface area contributed by atoms with E-state index in [-0.39, 0.29) is 0 Å². The summed E-state index contributed by atoms with van der Waals surface area (Å²) in [6.07, 6.45) is 9.58. The fourth-order valence-corrected chi connectivity index (χ4v) is 1.67. The molecule has 0 aliphatic carbocycles. The highest BCUT2D eigenvalue weighted by Gasteiger charge is 2.00. The minimum Gasteiger partial charge on any atom is -0.317 e. The zero-order valence-corrected chi connectivity index (χ0v) is 18.4. The summed E-state index contributed by atoms with van der Waals surface area (Å²) in [6, 6.07) is 0. The van der Waals surface area contributed by atoms with Gasteiger partial charge in [-0.05, 0) is 25.4 Å². The maximum Gasteiger partial charge on any atom is -0.00491 e. The smallest absolute Gasteiger partial charge is 0.00491 e. The van der Waals surface area contributed by atoms with E-state index >= 15 is 0 Å². The molecule has 1 heteroatoms. The van der Waals surface area contributed by atoms with E-state index in [0.29, 0.717) is 0 Å². The molecule has 0 heterocycles. The van der Waals surface area contributed by atoms with Crippen LogP contribution < -0.4 is 5.32 Å². The van der Waals surface area contributed by atoms with E-state index < -0.39 is 0 Å². The first-order valence-corrected chi connectivity index (χ1v) is 10.5. The summed E-state index contributed by atoms with van der Waals surface area (Å²) in [7, 11) is 0. The molecule has 0 aromatic carbocycles. The second-order valence-corrected chi connectivity index (χ2v) is 4.53. The van der Waals surface area contributed by atoms with Crippen LogP contribution in [0.3, 0.4) is 0 Å². The Morgan fingerprint density at radius 2 is 1.05 bits per heavy atom. The Bertz CT molecular complexity index is 94.1. The number of rotatable bonds is 9. The lowest BCUT2D eigenvalue weighted by Crippen LogP contribution is -2.13. The molecule has 0 amide bonds. The van der Waals surface area contributed by atoms with Gasteiger partial charge in [-0.15, -0.1) is 0 Å². The van der Waals surface area contributed by atoms with Crippen LogP contribution in [-0.2, 0) is 0 Å². The number of nitrogens with one attached hydrogen (secondary N) is 1. The van der Waals surface area contributed by atoms with Crippen molar-refractivity contribution in [2.24, 2.45) is 5.92 Å². The Hall–Kier alpha value is -0.0400. The van der Waals surface area contributed by atoms with Gasteiger partial charge in [0.1, 0.15) is 0 Å². The molecule has 0 rings (SSSR count). The minimum atomic E-state index is 1.00. The van der Waals surface area contributed by atoms with Crippen molar-refractivity contribution < 1.29 is 0 Å². The molecule has 142 valence electrons. The van der Waals surface area contributed by atoms with E-state index in [1.54, 1.807) is 0 Å². The van der Waals surface area contributed by atoms with E-state index in [1.165, 1.54) is 51.5 Å². The molecule has 0 aromatic heterocycles. The summed E-state index contributed by atoms with van der Waals surface area (Å²) in [5.41, 5.74) is 0. The van der Waals surface area contributed by atoms with Crippen LogP contribution in [0.1, 0.15) is 121 Å². The Balaban J connectivity index is -0.0000000660. The normalized spacial score (nSPS) is 8.18. The summed E-state index contributed by atoms with van der Waals surface area (Å²) in [5.74, 6) is 1.00. The molecule has 0 aliphatic rings. The molecule has 0 bridgehead atoms. The number of hydrogen-bond acceptors (Lipinski definition) is 1. The fraction of sp³-hybridized carbons (Fsp3) is 1.00. The molecule has 22 heavy (non-hydrogen) atoms. The average Bonchev–Trinajstić information content (AvgIpc) is 2.62. The lowest BCUT2D eigenvalue weighted by Gasteiger charge is -2.09. The van der Waals surface area contributed by atoms with Gasteiger partial charge in [0.2, 0.25) is 0 Å². The first-order chi connectivity index (χ1) is 10.8. The average molecular weight is 320 g/mol. The summed E-state index contributed by atoms with van der Waals surface area (Å²) in [4.78, 5) is 0. The van der Waals surface area contributed by atoms with Gasteiger partial charge in [-0.25, -0.2) is 0 Å². The van der Waals surface area contributed by atoms with E-state index in [9.17, 15) is 0 Å². The van der Waals surface area contributed by atoms with Crippen molar-refractivity contribution >= 4 is 0 Å². The zero-order valence-electron chi connectivity index (χ0n) is 18.4.